The molecule has 7 heteroatoms. The topological polar surface area (TPSA) is 57.7 Å². The lowest BCUT2D eigenvalue weighted by Crippen LogP contribution is -2.41. The number of carbonyl (C=O) groups is 1. The molecular formula is C21H30N4O2S. The van der Waals surface area contributed by atoms with Crippen molar-refractivity contribution in [1.82, 2.24) is 15.2 Å². The van der Waals surface area contributed by atoms with Gasteiger partial charge >= 0.3 is 0 Å². The first-order chi connectivity index (χ1) is 13.7. The van der Waals surface area contributed by atoms with Gasteiger partial charge in [-0.3, -0.25) is 4.79 Å². The van der Waals surface area contributed by atoms with Gasteiger partial charge in [0, 0.05) is 25.6 Å². The number of hydrogen-bond acceptors (Lipinski definition) is 6. The van der Waals surface area contributed by atoms with E-state index < -0.39 is 0 Å². The zero-order valence-corrected chi connectivity index (χ0v) is 17.5. The molecule has 152 valence electrons. The lowest BCUT2D eigenvalue weighted by atomic mass is 9.96. The Morgan fingerprint density at radius 3 is 2.79 bits per heavy atom. The van der Waals surface area contributed by atoms with Crippen LogP contribution < -0.4 is 15.0 Å². The van der Waals surface area contributed by atoms with Gasteiger partial charge in [0.15, 0.2) is 5.13 Å². The molecule has 1 aromatic carbocycles. The van der Waals surface area contributed by atoms with Gasteiger partial charge in [-0.1, -0.05) is 11.3 Å². The number of anilines is 1. The third-order valence-electron chi connectivity index (χ3n) is 5.87. The van der Waals surface area contributed by atoms with Gasteiger partial charge in [0.05, 0.1) is 17.3 Å². The number of likely N-dealkylation sites (tertiary alicyclic amines) is 1. The number of piperidine rings is 1. The number of amides is 1. The number of carbonyl (C=O) groups excluding carboxylic acids is 1. The lowest BCUT2D eigenvalue weighted by Gasteiger charge is -2.31. The third-order valence-corrected chi connectivity index (χ3v) is 6.95. The number of benzene rings is 1. The van der Waals surface area contributed by atoms with E-state index in [1.54, 1.807) is 18.4 Å². The first-order valence-electron chi connectivity index (χ1n) is 10.4. The highest BCUT2D eigenvalue weighted by molar-refractivity contribution is 7.22. The summed E-state index contributed by atoms with van der Waals surface area (Å²) in [7, 11) is 1.69. The van der Waals surface area contributed by atoms with Gasteiger partial charge in [-0.15, -0.1) is 0 Å². The van der Waals surface area contributed by atoms with E-state index in [1.165, 1.54) is 25.9 Å². The molecule has 4 rings (SSSR count). The molecule has 3 heterocycles. The smallest absolute Gasteiger partial charge is 0.223 e. The van der Waals surface area contributed by atoms with E-state index in [9.17, 15) is 4.79 Å². The zero-order chi connectivity index (χ0) is 19.3. The molecule has 0 atom stereocenters. The Balaban J connectivity index is 1.23. The van der Waals surface area contributed by atoms with Crippen LogP contribution in [-0.2, 0) is 4.79 Å². The normalized spacial score (nSPS) is 18.7. The Labute approximate surface area is 170 Å². The van der Waals surface area contributed by atoms with Crippen LogP contribution in [0.4, 0.5) is 5.13 Å². The Morgan fingerprint density at radius 1 is 1.25 bits per heavy atom. The number of thiazole rings is 1. The minimum atomic E-state index is 0.137. The Kier molecular flexibility index (Phi) is 6.32. The summed E-state index contributed by atoms with van der Waals surface area (Å²) in [5.41, 5.74) is 1.01. The minimum Gasteiger partial charge on any atom is -0.497 e. The molecule has 6 nitrogen and oxygen atoms in total. The number of nitrogens with one attached hydrogen (secondary N) is 1. The number of fused-ring (bicyclic) bond motifs is 1. The Morgan fingerprint density at radius 2 is 2.04 bits per heavy atom. The predicted octanol–water partition coefficient (Wildman–Crippen LogP) is 3.12. The van der Waals surface area contributed by atoms with E-state index in [2.05, 4.69) is 15.1 Å². The summed E-state index contributed by atoms with van der Waals surface area (Å²) >= 11 is 1.70. The van der Waals surface area contributed by atoms with Crippen molar-refractivity contribution in [3.05, 3.63) is 18.2 Å². The molecule has 1 amide bonds. The number of methoxy groups -OCH3 is 1. The van der Waals surface area contributed by atoms with E-state index >= 15 is 0 Å². The van der Waals surface area contributed by atoms with Crippen molar-refractivity contribution >= 4 is 32.6 Å². The molecule has 0 aliphatic carbocycles. The maximum Gasteiger partial charge on any atom is 0.223 e. The van der Waals surface area contributed by atoms with Crippen molar-refractivity contribution in [2.75, 3.05) is 51.3 Å². The summed E-state index contributed by atoms with van der Waals surface area (Å²) in [5, 5.41) is 4.20. The van der Waals surface area contributed by atoms with Crippen molar-refractivity contribution in [2.45, 2.75) is 32.1 Å². The van der Waals surface area contributed by atoms with Crippen LogP contribution >= 0.6 is 11.3 Å². The molecule has 0 radical (unpaired) electrons. The molecule has 2 aromatic rings. The minimum absolute atomic E-state index is 0.137. The molecule has 1 aromatic heterocycles. The fourth-order valence-corrected chi connectivity index (χ4v) is 5.20. The highest BCUT2D eigenvalue weighted by Crippen LogP contribution is 2.33. The fraction of sp³-hybridized carbons (Fsp3) is 0.619. The van der Waals surface area contributed by atoms with Crippen LogP contribution in [0.1, 0.15) is 32.1 Å². The second-order valence-electron chi connectivity index (χ2n) is 7.78. The van der Waals surface area contributed by atoms with E-state index in [-0.39, 0.29) is 11.8 Å². The van der Waals surface area contributed by atoms with Crippen molar-refractivity contribution in [3.8, 4) is 5.75 Å². The fourth-order valence-electron chi connectivity index (χ4n) is 4.15. The molecule has 0 spiro atoms. The molecule has 1 N–H and O–H groups in total. The van der Waals surface area contributed by atoms with Crippen LogP contribution in [0.25, 0.3) is 10.2 Å². The molecule has 2 aliphatic rings. The second kappa shape index (κ2) is 9.09. The van der Waals surface area contributed by atoms with Crippen molar-refractivity contribution in [1.29, 1.82) is 0 Å². The summed E-state index contributed by atoms with van der Waals surface area (Å²) < 4.78 is 6.45. The van der Waals surface area contributed by atoms with Crippen LogP contribution in [-0.4, -0.2) is 62.2 Å². The maximum atomic E-state index is 12.5. The number of hydrogen-bond donors (Lipinski definition) is 1. The van der Waals surface area contributed by atoms with E-state index in [4.69, 9.17) is 9.72 Å². The third kappa shape index (κ3) is 4.58. The first-order valence-corrected chi connectivity index (χ1v) is 11.2. The first kappa shape index (κ1) is 19.5. The molecule has 2 saturated heterocycles. The van der Waals surface area contributed by atoms with Gasteiger partial charge < -0.3 is 19.9 Å². The van der Waals surface area contributed by atoms with E-state index in [0.29, 0.717) is 0 Å². The summed E-state index contributed by atoms with van der Waals surface area (Å²) in [4.78, 5) is 22.1. The van der Waals surface area contributed by atoms with Crippen molar-refractivity contribution < 1.29 is 9.53 Å². The lowest BCUT2D eigenvalue weighted by molar-refractivity contribution is -0.125. The number of aromatic nitrogens is 1. The quantitative estimate of drug-likeness (QED) is 0.721. The Hall–Kier alpha value is -1.86. The molecule has 28 heavy (non-hydrogen) atoms. The highest BCUT2D eigenvalue weighted by Gasteiger charge is 2.26. The molecule has 0 saturated carbocycles. The van der Waals surface area contributed by atoms with Crippen molar-refractivity contribution in [2.24, 2.45) is 5.92 Å². The van der Waals surface area contributed by atoms with E-state index in [1.807, 2.05) is 18.2 Å². The highest BCUT2D eigenvalue weighted by atomic mass is 32.1. The number of ether oxygens (including phenoxy) is 1. The maximum absolute atomic E-state index is 12.5. The average Bonchev–Trinajstić information content (AvgIpc) is 3.40. The molecular weight excluding hydrogens is 372 g/mol. The van der Waals surface area contributed by atoms with Crippen LogP contribution in [0.15, 0.2) is 18.2 Å². The Bertz CT molecular complexity index is 795. The van der Waals surface area contributed by atoms with Crippen LogP contribution in [0.2, 0.25) is 0 Å². The zero-order valence-electron chi connectivity index (χ0n) is 16.7. The van der Waals surface area contributed by atoms with Gasteiger partial charge in [0.1, 0.15) is 5.75 Å². The second-order valence-corrected chi connectivity index (χ2v) is 8.79. The summed E-state index contributed by atoms with van der Waals surface area (Å²) in [6.45, 7) is 6.15. The van der Waals surface area contributed by atoms with Crippen LogP contribution in [0.5, 0.6) is 5.75 Å². The summed E-state index contributed by atoms with van der Waals surface area (Å²) in [6, 6.07) is 6.00. The van der Waals surface area contributed by atoms with E-state index in [0.717, 1.165) is 66.5 Å². The number of rotatable bonds is 7. The molecule has 2 aliphatic heterocycles. The van der Waals surface area contributed by atoms with Crippen molar-refractivity contribution in [3.63, 3.8) is 0 Å². The van der Waals surface area contributed by atoms with Crippen LogP contribution in [0, 0.1) is 5.92 Å². The molecule has 2 fully saturated rings. The number of nitrogens with zero attached hydrogens (tertiary/aromatic N) is 3. The summed E-state index contributed by atoms with van der Waals surface area (Å²) in [5.74, 6) is 1.23. The monoisotopic (exact) mass is 402 g/mol. The summed E-state index contributed by atoms with van der Waals surface area (Å²) in [6.07, 6.45) is 5.51. The van der Waals surface area contributed by atoms with Gasteiger partial charge in [0.25, 0.3) is 0 Å². The average molecular weight is 403 g/mol. The largest absolute Gasteiger partial charge is 0.497 e. The van der Waals surface area contributed by atoms with Gasteiger partial charge in [-0.2, -0.15) is 0 Å². The molecule has 0 bridgehead atoms. The van der Waals surface area contributed by atoms with Gasteiger partial charge in [0.2, 0.25) is 5.91 Å². The predicted molar refractivity (Wildman–Crippen MR) is 114 cm³/mol. The van der Waals surface area contributed by atoms with Gasteiger partial charge in [-0.05, 0) is 69.9 Å². The standard InChI is InChI=1S/C21H30N4O2S/c1-27-17-5-6-18-19(15-17)28-21(23-18)25-13-7-16(8-14-25)20(26)22-9-4-12-24-10-2-3-11-24/h5-6,15-16H,2-4,7-14H2,1H3,(H,22,26). The SMILES string of the molecule is COc1ccc2nc(N3CCC(C(=O)NCCCN4CCCC4)CC3)sc2c1. The molecule has 0 unspecified atom stereocenters. The van der Waals surface area contributed by atoms with Gasteiger partial charge in [-0.25, -0.2) is 4.98 Å². The van der Waals surface area contributed by atoms with Crippen LogP contribution in [0.3, 0.4) is 0 Å².